The number of carbonyl (C=O) groups excluding carboxylic acids is 1. The van der Waals surface area contributed by atoms with Gasteiger partial charge in [-0.25, -0.2) is 4.98 Å². The van der Waals surface area contributed by atoms with E-state index in [1.807, 2.05) is 16.2 Å². The molecule has 4 rings (SSSR count). The number of rotatable bonds is 4. The summed E-state index contributed by atoms with van der Waals surface area (Å²) in [6.07, 6.45) is 5.80. The molecule has 1 amide bonds. The maximum absolute atomic E-state index is 10.9. The van der Waals surface area contributed by atoms with E-state index in [0.29, 0.717) is 0 Å². The van der Waals surface area contributed by atoms with Crippen LogP contribution in [0.4, 0.5) is 11.8 Å². The van der Waals surface area contributed by atoms with Crippen molar-refractivity contribution in [3.8, 4) is 0 Å². The monoisotopic (exact) mass is 345 g/mol. The third-order valence-corrected chi connectivity index (χ3v) is 6.08. The Balaban J connectivity index is 1.73. The fourth-order valence-electron chi connectivity index (χ4n) is 3.61. The molecule has 24 heavy (non-hydrogen) atoms. The maximum atomic E-state index is 10.9. The van der Waals surface area contributed by atoms with Crippen molar-refractivity contribution in [3.05, 3.63) is 10.4 Å². The topological polar surface area (TPSA) is 61.4 Å². The van der Waals surface area contributed by atoms with Crippen LogP contribution in [0.2, 0.25) is 0 Å². The number of amides is 1. The summed E-state index contributed by atoms with van der Waals surface area (Å²) in [7, 11) is 0. The third-order valence-electron chi connectivity index (χ3n) is 4.89. The lowest BCUT2D eigenvalue weighted by molar-refractivity contribution is -0.118. The summed E-state index contributed by atoms with van der Waals surface area (Å²) in [6, 6.07) is 0. The summed E-state index contributed by atoms with van der Waals surface area (Å²) in [4.78, 5) is 27.2. The van der Waals surface area contributed by atoms with Crippen LogP contribution in [0.1, 0.15) is 30.2 Å². The van der Waals surface area contributed by atoms with E-state index in [9.17, 15) is 4.79 Å². The normalized spacial score (nSPS) is 17.9. The predicted molar refractivity (Wildman–Crippen MR) is 98.1 cm³/mol. The number of nitrogens with one attached hydrogen (secondary N) is 1. The zero-order valence-electron chi connectivity index (χ0n) is 14.0. The maximum Gasteiger partial charge on any atom is 0.228 e. The lowest BCUT2D eigenvalue weighted by atomic mass is 9.97. The van der Waals surface area contributed by atoms with Crippen molar-refractivity contribution in [2.75, 3.05) is 42.9 Å². The molecular formula is C17H23N5OS. The van der Waals surface area contributed by atoms with Crippen LogP contribution in [0.15, 0.2) is 0 Å². The van der Waals surface area contributed by atoms with Crippen LogP contribution in [-0.2, 0) is 17.6 Å². The fourth-order valence-corrected chi connectivity index (χ4v) is 4.87. The first-order valence-corrected chi connectivity index (χ1v) is 9.62. The molecule has 6 nitrogen and oxygen atoms in total. The van der Waals surface area contributed by atoms with Crippen LogP contribution >= 0.6 is 11.3 Å². The zero-order valence-corrected chi connectivity index (χ0v) is 14.9. The van der Waals surface area contributed by atoms with E-state index in [0.717, 1.165) is 62.2 Å². The van der Waals surface area contributed by atoms with Gasteiger partial charge in [-0.1, -0.05) is 0 Å². The van der Waals surface area contributed by atoms with E-state index >= 15 is 0 Å². The fraction of sp³-hybridized carbons (Fsp3) is 0.588. The SMILES string of the molecule is CCNc1nc(N2CCN(C=O)CC2)nc2sc3c(c12)CCCC3. The minimum atomic E-state index is 0.738. The molecule has 1 saturated heterocycles. The number of hydrogen-bond donors (Lipinski definition) is 1. The van der Waals surface area contributed by atoms with Gasteiger partial charge in [0.2, 0.25) is 12.4 Å². The highest BCUT2D eigenvalue weighted by Gasteiger charge is 2.24. The van der Waals surface area contributed by atoms with E-state index in [2.05, 4.69) is 17.1 Å². The number of hydrogen-bond acceptors (Lipinski definition) is 6. The molecule has 0 radical (unpaired) electrons. The number of nitrogens with zero attached hydrogens (tertiary/aromatic N) is 4. The van der Waals surface area contributed by atoms with E-state index in [4.69, 9.17) is 9.97 Å². The number of piperazine rings is 1. The highest BCUT2D eigenvalue weighted by Crippen LogP contribution is 2.39. The Morgan fingerprint density at radius 1 is 1.17 bits per heavy atom. The van der Waals surface area contributed by atoms with Crippen molar-refractivity contribution in [1.29, 1.82) is 0 Å². The lowest BCUT2D eigenvalue weighted by Gasteiger charge is -2.32. The second-order valence-electron chi connectivity index (χ2n) is 6.42. The second kappa shape index (κ2) is 6.55. The Labute approximate surface area is 145 Å². The molecule has 1 N–H and O–H groups in total. The average molecular weight is 345 g/mol. The molecule has 0 saturated carbocycles. The molecule has 1 aliphatic heterocycles. The summed E-state index contributed by atoms with van der Waals surface area (Å²) >= 11 is 1.84. The molecule has 0 bridgehead atoms. The van der Waals surface area contributed by atoms with Crippen molar-refractivity contribution in [1.82, 2.24) is 14.9 Å². The minimum Gasteiger partial charge on any atom is -0.370 e. The van der Waals surface area contributed by atoms with Crippen molar-refractivity contribution in [3.63, 3.8) is 0 Å². The predicted octanol–water partition coefficient (Wildman–Crippen LogP) is 2.28. The summed E-state index contributed by atoms with van der Waals surface area (Å²) in [5.74, 6) is 1.78. The van der Waals surface area contributed by atoms with Gasteiger partial charge in [0.05, 0.1) is 5.39 Å². The van der Waals surface area contributed by atoms with Gasteiger partial charge in [0.25, 0.3) is 0 Å². The lowest BCUT2D eigenvalue weighted by Crippen LogP contribution is -2.46. The largest absolute Gasteiger partial charge is 0.370 e. The van der Waals surface area contributed by atoms with Crippen LogP contribution in [0, 0.1) is 0 Å². The van der Waals surface area contributed by atoms with E-state index in [1.165, 1.54) is 35.1 Å². The average Bonchev–Trinajstić information content (AvgIpc) is 3.00. The zero-order chi connectivity index (χ0) is 16.5. The van der Waals surface area contributed by atoms with E-state index in [1.54, 1.807) is 0 Å². The summed E-state index contributed by atoms with van der Waals surface area (Å²) in [5, 5.41) is 4.69. The Morgan fingerprint density at radius 2 is 1.96 bits per heavy atom. The Hall–Kier alpha value is -1.89. The molecule has 1 aliphatic carbocycles. The molecule has 7 heteroatoms. The van der Waals surface area contributed by atoms with Gasteiger partial charge in [0, 0.05) is 37.6 Å². The van der Waals surface area contributed by atoms with Crippen molar-refractivity contribution >= 4 is 39.7 Å². The standard InChI is InChI=1S/C17H23N5OS/c1-2-18-15-14-12-5-3-4-6-13(12)24-16(14)20-17(19-15)22-9-7-21(11-23)8-10-22/h11H,2-10H2,1H3,(H,18,19,20). The van der Waals surface area contributed by atoms with Crippen molar-refractivity contribution < 1.29 is 4.79 Å². The van der Waals surface area contributed by atoms with Gasteiger partial charge in [0.15, 0.2) is 0 Å². The number of aromatic nitrogens is 2. The van der Waals surface area contributed by atoms with E-state index < -0.39 is 0 Å². The molecule has 0 spiro atoms. The highest BCUT2D eigenvalue weighted by molar-refractivity contribution is 7.19. The molecule has 2 aliphatic rings. The summed E-state index contributed by atoms with van der Waals surface area (Å²) in [6.45, 7) is 6.02. The smallest absolute Gasteiger partial charge is 0.228 e. The number of anilines is 2. The number of carbonyl (C=O) groups is 1. The molecule has 3 heterocycles. The number of fused-ring (bicyclic) bond motifs is 3. The van der Waals surface area contributed by atoms with Crippen LogP contribution in [0.3, 0.4) is 0 Å². The third kappa shape index (κ3) is 2.70. The van der Waals surface area contributed by atoms with E-state index in [-0.39, 0.29) is 0 Å². The Kier molecular flexibility index (Phi) is 4.26. The van der Waals surface area contributed by atoms with Crippen LogP contribution in [0.5, 0.6) is 0 Å². The first-order valence-electron chi connectivity index (χ1n) is 8.80. The quantitative estimate of drug-likeness (QED) is 0.862. The van der Waals surface area contributed by atoms with Crippen molar-refractivity contribution in [2.45, 2.75) is 32.6 Å². The Morgan fingerprint density at radius 3 is 2.71 bits per heavy atom. The molecular weight excluding hydrogens is 322 g/mol. The molecule has 128 valence electrons. The number of thiophene rings is 1. The van der Waals surface area contributed by atoms with Crippen LogP contribution < -0.4 is 10.2 Å². The van der Waals surface area contributed by atoms with Gasteiger partial charge in [-0.05, 0) is 38.2 Å². The molecule has 1 fully saturated rings. The summed E-state index contributed by atoms with van der Waals surface area (Å²) in [5.41, 5.74) is 1.47. The van der Waals surface area contributed by atoms with Gasteiger partial charge in [0.1, 0.15) is 10.6 Å². The highest BCUT2D eigenvalue weighted by atomic mass is 32.1. The second-order valence-corrected chi connectivity index (χ2v) is 7.51. The van der Waals surface area contributed by atoms with Gasteiger partial charge in [-0.2, -0.15) is 4.98 Å². The first-order chi connectivity index (χ1) is 11.8. The van der Waals surface area contributed by atoms with Gasteiger partial charge >= 0.3 is 0 Å². The first kappa shape index (κ1) is 15.6. The van der Waals surface area contributed by atoms with Crippen LogP contribution in [-0.4, -0.2) is 54.0 Å². The van der Waals surface area contributed by atoms with Crippen LogP contribution in [0.25, 0.3) is 10.2 Å². The molecule has 2 aromatic heterocycles. The Bertz CT molecular complexity index is 751. The number of aryl methyl sites for hydroxylation is 2. The van der Waals surface area contributed by atoms with Crippen molar-refractivity contribution in [2.24, 2.45) is 0 Å². The van der Waals surface area contributed by atoms with Gasteiger partial charge in [-0.15, -0.1) is 11.3 Å². The minimum absolute atomic E-state index is 0.738. The van der Waals surface area contributed by atoms with Gasteiger partial charge < -0.3 is 15.1 Å². The molecule has 0 atom stereocenters. The summed E-state index contributed by atoms with van der Waals surface area (Å²) < 4.78 is 0. The molecule has 0 aromatic carbocycles. The van der Waals surface area contributed by atoms with Gasteiger partial charge in [-0.3, -0.25) is 4.79 Å². The molecule has 2 aromatic rings. The molecule has 0 unspecified atom stereocenters.